The van der Waals surface area contributed by atoms with E-state index < -0.39 is 10.0 Å². The predicted molar refractivity (Wildman–Crippen MR) is 131 cm³/mol. The Bertz CT molecular complexity index is 1200. The van der Waals surface area contributed by atoms with E-state index in [0.29, 0.717) is 17.5 Å². The quantitative estimate of drug-likeness (QED) is 0.384. The van der Waals surface area contributed by atoms with Crippen LogP contribution < -0.4 is 20.7 Å². The molecule has 11 heteroatoms. The standard InChI is InChI=1S/C22H26ClN7O2S/c1-24-33(31,32)20-5-3-2-4-19(20)28-21-18(23)14-26-22(29-21)27-17-8-6-16(7-9-17)15-30-12-10-25-11-13-30/h2-9,14,24-25H,10-13,15H2,1H3,(H2,26,27,28,29). The normalized spacial score (nSPS) is 14.7. The molecule has 1 aromatic heterocycles. The van der Waals surface area contributed by atoms with Crippen LogP contribution in [-0.4, -0.2) is 56.5 Å². The molecule has 0 radical (unpaired) electrons. The monoisotopic (exact) mass is 487 g/mol. The second-order valence-corrected chi connectivity index (χ2v) is 9.83. The number of sulfonamides is 1. The van der Waals surface area contributed by atoms with E-state index in [-0.39, 0.29) is 9.92 Å². The van der Waals surface area contributed by atoms with E-state index in [9.17, 15) is 8.42 Å². The summed E-state index contributed by atoms with van der Waals surface area (Å²) in [6.45, 7) is 5.06. The van der Waals surface area contributed by atoms with Gasteiger partial charge < -0.3 is 16.0 Å². The number of hydrogen-bond donors (Lipinski definition) is 4. The molecule has 2 heterocycles. The van der Waals surface area contributed by atoms with Crippen LogP contribution in [0.5, 0.6) is 0 Å². The Labute approximate surface area is 198 Å². The summed E-state index contributed by atoms with van der Waals surface area (Å²) in [6.07, 6.45) is 1.47. The van der Waals surface area contributed by atoms with Crippen molar-refractivity contribution in [3.8, 4) is 0 Å². The number of anilines is 4. The first-order chi connectivity index (χ1) is 15.9. The zero-order chi connectivity index (χ0) is 23.3. The average Bonchev–Trinajstić information content (AvgIpc) is 2.83. The van der Waals surface area contributed by atoms with Crippen LogP contribution in [0, 0.1) is 0 Å². The van der Waals surface area contributed by atoms with Gasteiger partial charge in [-0.1, -0.05) is 35.9 Å². The zero-order valence-corrected chi connectivity index (χ0v) is 19.7. The molecule has 1 saturated heterocycles. The summed E-state index contributed by atoms with van der Waals surface area (Å²) in [5.41, 5.74) is 2.44. The van der Waals surface area contributed by atoms with Gasteiger partial charge in [0.15, 0.2) is 5.82 Å². The van der Waals surface area contributed by atoms with Gasteiger partial charge in [0.25, 0.3) is 0 Å². The average molecular weight is 488 g/mol. The highest BCUT2D eigenvalue weighted by atomic mass is 35.5. The molecule has 4 N–H and O–H groups in total. The Morgan fingerprint density at radius 1 is 1.06 bits per heavy atom. The SMILES string of the molecule is CNS(=O)(=O)c1ccccc1Nc1nc(Nc2ccc(CN3CCNCC3)cc2)ncc1Cl. The van der Waals surface area contributed by atoms with Crippen LogP contribution in [0.25, 0.3) is 0 Å². The maximum atomic E-state index is 12.3. The molecule has 0 aliphatic carbocycles. The van der Waals surface area contributed by atoms with E-state index in [1.807, 2.05) is 12.1 Å². The number of nitrogens with one attached hydrogen (secondary N) is 4. The van der Waals surface area contributed by atoms with Crippen LogP contribution >= 0.6 is 11.6 Å². The highest BCUT2D eigenvalue weighted by Gasteiger charge is 2.17. The van der Waals surface area contributed by atoms with Gasteiger partial charge in [0.2, 0.25) is 16.0 Å². The summed E-state index contributed by atoms with van der Waals surface area (Å²) in [6, 6.07) is 14.7. The Morgan fingerprint density at radius 2 is 1.79 bits per heavy atom. The van der Waals surface area contributed by atoms with E-state index in [1.54, 1.807) is 18.2 Å². The van der Waals surface area contributed by atoms with Crippen LogP contribution in [0.2, 0.25) is 5.02 Å². The van der Waals surface area contributed by atoms with E-state index in [2.05, 4.69) is 47.7 Å². The summed E-state index contributed by atoms with van der Waals surface area (Å²) in [5.74, 6) is 0.633. The van der Waals surface area contributed by atoms with Crippen molar-refractivity contribution in [1.29, 1.82) is 0 Å². The van der Waals surface area contributed by atoms with Gasteiger partial charge in [-0.15, -0.1) is 0 Å². The van der Waals surface area contributed by atoms with Gasteiger partial charge in [0, 0.05) is 38.4 Å². The fourth-order valence-corrected chi connectivity index (χ4v) is 4.53. The van der Waals surface area contributed by atoms with Crippen LogP contribution in [0.15, 0.2) is 59.6 Å². The molecule has 174 valence electrons. The number of piperazine rings is 1. The number of para-hydroxylation sites is 1. The molecular formula is C22H26ClN7O2S. The van der Waals surface area contributed by atoms with Crippen molar-refractivity contribution in [2.24, 2.45) is 0 Å². The third-order valence-electron chi connectivity index (χ3n) is 5.27. The fourth-order valence-electron chi connectivity index (χ4n) is 3.51. The molecular weight excluding hydrogens is 462 g/mol. The van der Waals surface area contributed by atoms with Gasteiger partial charge in [-0.3, -0.25) is 4.90 Å². The first-order valence-corrected chi connectivity index (χ1v) is 12.4. The molecule has 3 aromatic rings. The minimum atomic E-state index is -3.66. The number of aromatic nitrogens is 2. The first-order valence-electron chi connectivity index (χ1n) is 10.6. The van der Waals surface area contributed by atoms with Crippen LogP contribution in [0.3, 0.4) is 0 Å². The van der Waals surface area contributed by atoms with Crippen LogP contribution in [0.4, 0.5) is 23.1 Å². The third kappa shape index (κ3) is 5.98. The lowest BCUT2D eigenvalue weighted by Crippen LogP contribution is -2.42. The second kappa shape index (κ2) is 10.4. The van der Waals surface area contributed by atoms with Crippen molar-refractivity contribution >= 4 is 44.8 Å². The maximum absolute atomic E-state index is 12.3. The molecule has 0 spiro atoms. The first kappa shape index (κ1) is 23.4. The predicted octanol–water partition coefficient (Wildman–Crippen LogP) is 2.93. The Kier molecular flexibility index (Phi) is 7.41. The molecule has 1 aliphatic heterocycles. The van der Waals surface area contributed by atoms with Gasteiger partial charge in [0.05, 0.1) is 11.9 Å². The molecule has 0 bridgehead atoms. The Balaban J connectivity index is 1.48. The van der Waals surface area contributed by atoms with Gasteiger partial charge in [-0.25, -0.2) is 18.1 Å². The smallest absolute Gasteiger partial charge is 0.242 e. The molecule has 9 nitrogen and oxygen atoms in total. The number of hydrogen-bond acceptors (Lipinski definition) is 8. The second-order valence-electron chi connectivity index (χ2n) is 7.57. The van der Waals surface area contributed by atoms with E-state index in [4.69, 9.17) is 11.6 Å². The molecule has 1 aliphatic rings. The van der Waals surface area contributed by atoms with E-state index in [1.165, 1.54) is 24.9 Å². The van der Waals surface area contributed by atoms with E-state index >= 15 is 0 Å². The number of benzene rings is 2. The van der Waals surface area contributed by atoms with Crippen molar-refractivity contribution in [2.45, 2.75) is 11.4 Å². The van der Waals surface area contributed by atoms with Crippen LogP contribution in [-0.2, 0) is 16.6 Å². The fraction of sp³-hybridized carbons (Fsp3) is 0.273. The summed E-state index contributed by atoms with van der Waals surface area (Å²) in [4.78, 5) is 11.2. The Morgan fingerprint density at radius 3 is 2.52 bits per heavy atom. The number of halogens is 1. The highest BCUT2D eigenvalue weighted by molar-refractivity contribution is 7.89. The minimum absolute atomic E-state index is 0.0942. The van der Waals surface area contributed by atoms with Crippen molar-refractivity contribution in [3.63, 3.8) is 0 Å². The van der Waals surface area contributed by atoms with Gasteiger partial charge in [-0.05, 0) is 36.9 Å². The van der Waals surface area contributed by atoms with Crippen molar-refractivity contribution < 1.29 is 8.42 Å². The molecule has 33 heavy (non-hydrogen) atoms. The molecule has 0 unspecified atom stereocenters. The summed E-state index contributed by atoms with van der Waals surface area (Å²) < 4.78 is 27.0. The summed E-state index contributed by atoms with van der Waals surface area (Å²) >= 11 is 6.27. The van der Waals surface area contributed by atoms with E-state index in [0.717, 1.165) is 38.4 Å². The summed E-state index contributed by atoms with van der Waals surface area (Å²) in [7, 11) is -2.30. The molecule has 1 fully saturated rings. The molecule has 0 saturated carbocycles. The zero-order valence-electron chi connectivity index (χ0n) is 18.2. The topological polar surface area (TPSA) is 111 Å². The van der Waals surface area contributed by atoms with Gasteiger partial charge >= 0.3 is 0 Å². The number of nitrogens with zero attached hydrogens (tertiary/aromatic N) is 3. The number of rotatable bonds is 8. The highest BCUT2D eigenvalue weighted by Crippen LogP contribution is 2.28. The van der Waals surface area contributed by atoms with Crippen molar-refractivity contribution in [2.75, 3.05) is 43.9 Å². The molecule has 0 amide bonds. The minimum Gasteiger partial charge on any atom is -0.338 e. The lowest BCUT2D eigenvalue weighted by molar-refractivity contribution is 0.233. The van der Waals surface area contributed by atoms with Gasteiger partial charge in [-0.2, -0.15) is 4.98 Å². The van der Waals surface area contributed by atoms with Crippen molar-refractivity contribution in [3.05, 3.63) is 65.3 Å². The maximum Gasteiger partial charge on any atom is 0.242 e. The van der Waals surface area contributed by atoms with Crippen molar-refractivity contribution in [1.82, 2.24) is 24.9 Å². The molecule has 4 rings (SSSR count). The van der Waals surface area contributed by atoms with Crippen LogP contribution in [0.1, 0.15) is 5.56 Å². The third-order valence-corrected chi connectivity index (χ3v) is 7.02. The largest absolute Gasteiger partial charge is 0.338 e. The van der Waals surface area contributed by atoms with Gasteiger partial charge in [0.1, 0.15) is 9.92 Å². The molecule has 2 aromatic carbocycles. The lowest BCUT2D eigenvalue weighted by Gasteiger charge is -2.27. The lowest BCUT2D eigenvalue weighted by atomic mass is 10.2. The summed E-state index contributed by atoms with van der Waals surface area (Å²) in [5, 5.41) is 9.81. The Hall–Kier alpha value is -2.76. The molecule has 0 atom stereocenters.